The molecule has 0 aromatic heterocycles. The van der Waals surface area contributed by atoms with Crippen LogP contribution in [-0.4, -0.2) is 48.3 Å². The minimum Gasteiger partial charge on any atom is -0.369 e. The molecule has 0 bridgehead atoms. The van der Waals surface area contributed by atoms with Gasteiger partial charge in [0.1, 0.15) is 0 Å². The van der Waals surface area contributed by atoms with Gasteiger partial charge in [-0.05, 0) is 31.7 Å². The molecule has 0 heterocycles. The Labute approximate surface area is 127 Å². The van der Waals surface area contributed by atoms with E-state index in [1.54, 1.807) is 30.8 Å². The molecule has 1 atom stereocenters. The molecule has 2 N–H and O–H groups in total. The molecule has 5 nitrogen and oxygen atoms in total. The van der Waals surface area contributed by atoms with Crippen molar-refractivity contribution in [2.24, 2.45) is 5.73 Å². The summed E-state index contributed by atoms with van der Waals surface area (Å²) in [6.45, 7) is 2.36. The Morgan fingerprint density at radius 3 is 2.30 bits per heavy atom. The van der Waals surface area contributed by atoms with Crippen LogP contribution in [0.4, 0.5) is 0 Å². The molecule has 110 valence electrons. The highest BCUT2D eigenvalue weighted by atomic mass is 79.9. The minimum absolute atomic E-state index is 0.0448. The number of hydrogen-bond donors (Lipinski definition) is 1. The normalized spacial score (nSPS) is 12.2. The summed E-state index contributed by atoms with van der Waals surface area (Å²) in [7, 11) is 3.46. The molecule has 2 amide bonds. The summed E-state index contributed by atoms with van der Waals surface area (Å²) in [6, 6.07) is 7.42. The second kappa shape index (κ2) is 7.40. The third-order valence-corrected chi connectivity index (χ3v) is 3.66. The first-order chi connectivity index (χ1) is 9.31. The first-order valence-electron chi connectivity index (χ1n) is 6.29. The van der Waals surface area contributed by atoms with Crippen LogP contribution >= 0.6 is 15.9 Å². The number of benzene rings is 1. The quantitative estimate of drug-likeness (QED) is 0.845. The SMILES string of the molecule is C[C@H](C(=O)N(C)Cc1ccc(Br)cc1)N(C)CC(N)=O. The lowest BCUT2D eigenvalue weighted by atomic mass is 10.2. The molecule has 20 heavy (non-hydrogen) atoms. The van der Waals surface area contributed by atoms with Gasteiger partial charge in [0.25, 0.3) is 0 Å². The smallest absolute Gasteiger partial charge is 0.239 e. The van der Waals surface area contributed by atoms with Crippen LogP contribution in [0, 0.1) is 0 Å². The van der Waals surface area contributed by atoms with Crippen LogP contribution in [0.2, 0.25) is 0 Å². The van der Waals surface area contributed by atoms with Gasteiger partial charge < -0.3 is 10.6 Å². The minimum atomic E-state index is -0.442. The number of primary amides is 1. The molecule has 0 saturated heterocycles. The van der Waals surface area contributed by atoms with Gasteiger partial charge in [-0.2, -0.15) is 0 Å². The summed E-state index contributed by atoms with van der Waals surface area (Å²) in [4.78, 5) is 26.4. The molecular weight excluding hydrogens is 322 g/mol. The Balaban J connectivity index is 2.62. The average molecular weight is 342 g/mol. The Morgan fingerprint density at radius 2 is 1.80 bits per heavy atom. The Kier molecular flexibility index (Phi) is 6.16. The first kappa shape index (κ1) is 16.7. The number of hydrogen-bond acceptors (Lipinski definition) is 3. The summed E-state index contributed by atoms with van der Waals surface area (Å²) in [5.74, 6) is -0.487. The maximum Gasteiger partial charge on any atom is 0.239 e. The third kappa shape index (κ3) is 4.94. The molecule has 1 aromatic rings. The van der Waals surface area contributed by atoms with E-state index in [1.165, 1.54) is 0 Å². The number of carbonyl (C=O) groups excluding carboxylic acids is 2. The van der Waals surface area contributed by atoms with Crippen LogP contribution < -0.4 is 5.73 Å². The molecule has 0 fully saturated rings. The molecule has 0 saturated carbocycles. The highest BCUT2D eigenvalue weighted by molar-refractivity contribution is 9.10. The van der Waals surface area contributed by atoms with Crippen molar-refractivity contribution in [3.63, 3.8) is 0 Å². The fourth-order valence-electron chi connectivity index (χ4n) is 1.83. The second-order valence-corrected chi connectivity index (χ2v) is 5.79. The number of amides is 2. The maximum absolute atomic E-state index is 12.3. The Bertz CT molecular complexity index is 476. The highest BCUT2D eigenvalue weighted by Gasteiger charge is 2.22. The lowest BCUT2D eigenvalue weighted by molar-refractivity contribution is -0.135. The van der Waals surface area contributed by atoms with Crippen LogP contribution in [0.1, 0.15) is 12.5 Å². The number of nitrogens with two attached hydrogens (primary N) is 1. The van der Waals surface area contributed by atoms with Crippen molar-refractivity contribution in [2.75, 3.05) is 20.6 Å². The number of likely N-dealkylation sites (N-methyl/N-ethyl adjacent to an activating group) is 2. The van der Waals surface area contributed by atoms with Gasteiger partial charge in [0.2, 0.25) is 11.8 Å². The van der Waals surface area contributed by atoms with E-state index in [0.717, 1.165) is 10.0 Å². The zero-order chi connectivity index (χ0) is 15.3. The highest BCUT2D eigenvalue weighted by Crippen LogP contribution is 2.12. The maximum atomic E-state index is 12.3. The number of nitrogens with zero attached hydrogens (tertiary/aromatic N) is 2. The van der Waals surface area contributed by atoms with Crippen molar-refractivity contribution in [3.8, 4) is 0 Å². The number of carbonyl (C=O) groups is 2. The fourth-order valence-corrected chi connectivity index (χ4v) is 2.10. The molecule has 0 spiro atoms. The van der Waals surface area contributed by atoms with Crippen molar-refractivity contribution >= 4 is 27.7 Å². The fraction of sp³-hybridized carbons (Fsp3) is 0.429. The molecule has 1 aromatic carbocycles. The van der Waals surface area contributed by atoms with Gasteiger partial charge in [0.05, 0.1) is 12.6 Å². The van der Waals surface area contributed by atoms with Gasteiger partial charge in [-0.3, -0.25) is 14.5 Å². The molecule has 1 rings (SSSR count). The van der Waals surface area contributed by atoms with Crippen LogP contribution in [0.5, 0.6) is 0 Å². The van der Waals surface area contributed by atoms with E-state index in [1.807, 2.05) is 24.3 Å². The lowest BCUT2D eigenvalue weighted by Crippen LogP contribution is -2.46. The van der Waals surface area contributed by atoms with Crippen molar-refractivity contribution in [3.05, 3.63) is 34.3 Å². The summed E-state index contributed by atoms with van der Waals surface area (Å²) in [5, 5.41) is 0. The molecule has 0 aliphatic carbocycles. The summed E-state index contributed by atoms with van der Waals surface area (Å²) >= 11 is 3.37. The lowest BCUT2D eigenvalue weighted by Gasteiger charge is -2.27. The largest absolute Gasteiger partial charge is 0.369 e. The van der Waals surface area contributed by atoms with Gasteiger partial charge >= 0.3 is 0 Å². The van der Waals surface area contributed by atoms with Crippen molar-refractivity contribution in [1.29, 1.82) is 0 Å². The monoisotopic (exact) mass is 341 g/mol. The number of halogens is 1. The van der Waals surface area contributed by atoms with Gasteiger partial charge in [-0.15, -0.1) is 0 Å². The topological polar surface area (TPSA) is 66.6 Å². The van der Waals surface area contributed by atoms with E-state index in [2.05, 4.69) is 15.9 Å². The molecule has 6 heteroatoms. The summed E-state index contributed by atoms with van der Waals surface area (Å²) in [6.07, 6.45) is 0. The molecule has 0 aliphatic heterocycles. The second-order valence-electron chi connectivity index (χ2n) is 4.88. The van der Waals surface area contributed by atoms with Crippen molar-refractivity contribution in [2.45, 2.75) is 19.5 Å². The molecule has 0 radical (unpaired) electrons. The molecule has 0 unspecified atom stereocenters. The summed E-state index contributed by atoms with van der Waals surface area (Å²) in [5.41, 5.74) is 6.19. The van der Waals surface area contributed by atoms with Crippen LogP contribution in [0.15, 0.2) is 28.7 Å². The Morgan fingerprint density at radius 1 is 1.25 bits per heavy atom. The van der Waals surface area contributed by atoms with Gasteiger partial charge in [-0.25, -0.2) is 0 Å². The van der Waals surface area contributed by atoms with E-state index >= 15 is 0 Å². The van der Waals surface area contributed by atoms with Crippen LogP contribution in [-0.2, 0) is 16.1 Å². The van der Waals surface area contributed by atoms with Crippen molar-refractivity contribution in [1.82, 2.24) is 9.80 Å². The van der Waals surface area contributed by atoms with E-state index in [9.17, 15) is 9.59 Å². The zero-order valence-corrected chi connectivity index (χ0v) is 13.6. The first-order valence-corrected chi connectivity index (χ1v) is 7.08. The van der Waals surface area contributed by atoms with Crippen LogP contribution in [0.3, 0.4) is 0 Å². The Hall–Kier alpha value is -1.40. The summed E-state index contributed by atoms with van der Waals surface area (Å²) < 4.78 is 1.00. The number of rotatable bonds is 6. The van der Waals surface area contributed by atoms with E-state index in [-0.39, 0.29) is 18.5 Å². The molecular formula is C14H20BrN3O2. The van der Waals surface area contributed by atoms with Gasteiger partial charge in [-0.1, -0.05) is 28.1 Å². The van der Waals surface area contributed by atoms with Gasteiger partial charge in [0.15, 0.2) is 0 Å². The van der Waals surface area contributed by atoms with E-state index < -0.39 is 5.91 Å². The van der Waals surface area contributed by atoms with Crippen LogP contribution in [0.25, 0.3) is 0 Å². The van der Waals surface area contributed by atoms with E-state index in [4.69, 9.17) is 5.73 Å². The van der Waals surface area contributed by atoms with Gasteiger partial charge in [0, 0.05) is 18.1 Å². The predicted molar refractivity (Wildman–Crippen MR) is 81.9 cm³/mol. The average Bonchev–Trinajstić information content (AvgIpc) is 2.38. The van der Waals surface area contributed by atoms with Crippen molar-refractivity contribution < 1.29 is 9.59 Å². The zero-order valence-electron chi connectivity index (χ0n) is 12.0. The standard InChI is InChI=1S/C14H20BrN3O2/c1-10(17(2)9-13(16)19)14(20)18(3)8-11-4-6-12(15)7-5-11/h4-7,10H,8-9H2,1-3H3,(H2,16,19)/t10-/m1/s1. The van der Waals surface area contributed by atoms with E-state index in [0.29, 0.717) is 6.54 Å². The predicted octanol–water partition coefficient (Wildman–Crippen LogP) is 1.21. The molecule has 0 aliphatic rings. The third-order valence-electron chi connectivity index (χ3n) is 3.13.